The quantitative estimate of drug-likeness (QED) is 0.805. The van der Waals surface area contributed by atoms with E-state index in [4.69, 9.17) is 4.74 Å². The summed E-state index contributed by atoms with van der Waals surface area (Å²) in [5.74, 6) is 1.01. The number of hydrogen-bond donors (Lipinski definition) is 0. The maximum atomic E-state index is 12.9. The van der Waals surface area contributed by atoms with Gasteiger partial charge in [0.25, 0.3) is 0 Å². The molecule has 2 aromatic rings. The number of likely N-dealkylation sites (tertiary alicyclic amines) is 1. The Labute approximate surface area is 156 Å². The van der Waals surface area contributed by atoms with Crippen LogP contribution in [0.4, 0.5) is 5.69 Å². The summed E-state index contributed by atoms with van der Waals surface area (Å²) in [7, 11) is 3.54. The predicted molar refractivity (Wildman–Crippen MR) is 106 cm³/mol. The number of benzene rings is 2. The average molecular weight is 352 g/mol. The van der Waals surface area contributed by atoms with Crippen molar-refractivity contribution in [3.63, 3.8) is 0 Å². The lowest BCUT2D eigenvalue weighted by Gasteiger charge is -2.31. The normalized spacial score (nSPS) is 18.2. The van der Waals surface area contributed by atoms with Crippen molar-refractivity contribution in [3.05, 3.63) is 60.2 Å². The molecule has 0 saturated carbocycles. The van der Waals surface area contributed by atoms with Gasteiger partial charge in [-0.3, -0.25) is 9.69 Å². The molecule has 0 aliphatic carbocycles. The van der Waals surface area contributed by atoms with E-state index >= 15 is 0 Å². The lowest BCUT2D eigenvalue weighted by Crippen LogP contribution is -2.40. The Balaban J connectivity index is 1.74. The van der Waals surface area contributed by atoms with Crippen molar-refractivity contribution in [3.8, 4) is 5.75 Å². The van der Waals surface area contributed by atoms with E-state index in [1.54, 1.807) is 12.0 Å². The van der Waals surface area contributed by atoms with Gasteiger partial charge in [0.1, 0.15) is 5.75 Å². The molecule has 1 saturated heterocycles. The number of methoxy groups -OCH3 is 1. The van der Waals surface area contributed by atoms with Crippen LogP contribution in [0.25, 0.3) is 0 Å². The zero-order valence-electron chi connectivity index (χ0n) is 15.7. The highest BCUT2D eigenvalue weighted by atomic mass is 16.5. The fourth-order valence-electron chi connectivity index (χ4n) is 3.64. The first-order chi connectivity index (χ1) is 12.7. The van der Waals surface area contributed by atoms with Crippen LogP contribution >= 0.6 is 0 Å². The Morgan fingerprint density at radius 2 is 1.81 bits per heavy atom. The van der Waals surface area contributed by atoms with E-state index < -0.39 is 0 Å². The van der Waals surface area contributed by atoms with E-state index in [1.165, 1.54) is 18.4 Å². The summed E-state index contributed by atoms with van der Waals surface area (Å²) in [5.41, 5.74) is 2.20. The zero-order chi connectivity index (χ0) is 18.4. The molecular weight excluding hydrogens is 324 g/mol. The summed E-state index contributed by atoms with van der Waals surface area (Å²) in [6.07, 6.45) is 4.67. The van der Waals surface area contributed by atoms with Crippen molar-refractivity contribution in [1.29, 1.82) is 0 Å². The number of carbonyl (C=O) groups is 1. The predicted octanol–water partition coefficient (Wildman–Crippen LogP) is 4.28. The number of amides is 1. The summed E-state index contributed by atoms with van der Waals surface area (Å²) in [6.45, 7) is 1.41. The standard InChI is InChI=1S/C22H28N2O2/c1-23(19-9-5-3-6-10-19)22(25)17-24-16-8-4-7-11-21(24)18-12-14-20(26-2)15-13-18/h3,5-6,9-10,12-15,21H,4,7-8,11,16-17H2,1-2H3. The molecule has 1 aliphatic rings. The van der Waals surface area contributed by atoms with Crippen molar-refractivity contribution in [2.24, 2.45) is 0 Å². The fraction of sp³-hybridized carbons (Fsp3) is 0.409. The number of carbonyl (C=O) groups excluding carboxylic acids is 1. The zero-order valence-corrected chi connectivity index (χ0v) is 15.7. The summed E-state index contributed by atoms with van der Waals surface area (Å²) in [4.78, 5) is 17.0. The molecule has 1 heterocycles. The minimum Gasteiger partial charge on any atom is -0.497 e. The van der Waals surface area contributed by atoms with Crippen LogP contribution in [0.5, 0.6) is 5.75 Å². The van der Waals surface area contributed by atoms with Gasteiger partial charge in [-0.15, -0.1) is 0 Å². The Morgan fingerprint density at radius 1 is 1.08 bits per heavy atom. The van der Waals surface area contributed by atoms with Gasteiger partial charge in [0.15, 0.2) is 0 Å². The smallest absolute Gasteiger partial charge is 0.240 e. The SMILES string of the molecule is COc1ccc(C2CCCCCN2CC(=O)N(C)c2ccccc2)cc1. The Hall–Kier alpha value is -2.33. The van der Waals surface area contributed by atoms with E-state index in [-0.39, 0.29) is 11.9 Å². The average Bonchev–Trinajstić information content (AvgIpc) is 2.93. The first kappa shape index (κ1) is 18.5. The summed E-state index contributed by atoms with van der Waals surface area (Å²) in [5, 5.41) is 0. The highest BCUT2D eigenvalue weighted by molar-refractivity contribution is 5.94. The summed E-state index contributed by atoms with van der Waals surface area (Å²) >= 11 is 0. The molecule has 0 aromatic heterocycles. The lowest BCUT2D eigenvalue weighted by atomic mass is 10.0. The second-order valence-corrected chi connectivity index (χ2v) is 6.90. The first-order valence-electron chi connectivity index (χ1n) is 9.38. The topological polar surface area (TPSA) is 32.8 Å². The van der Waals surface area contributed by atoms with Gasteiger partial charge < -0.3 is 9.64 Å². The molecule has 3 rings (SSSR count). The van der Waals surface area contributed by atoms with Gasteiger partial charge in [0, 0.05) is 18.8 Å². The summed E-state index contributed by atoms with van der Waals surface area (Å²) < 4.78 is 5.28. The molecule has 1 unspecified atom stereocenters. The maximum absolute atomic E-state index is 12.9. The van der Waals surface area contributed by atoms with Gasteiger partial charge in [0.2, 0.25) is 5.91 Å². The first-order valence-corrected chi connectivity index (χ1v) is 9.38. The maximum Gasteiger partial charge on any atom is 0.240 e. The molecule has 4 heteroatoms. The molecule has 0 bridgehead atoms. The monoisotopic (exact) mass is 352 g/mol. The van der Waals surface area contributed by atoms with E-state index in [0.717, 1.165) is 30.8 Å². The van der Waals surface area contributed by atoms with Gasteiger partial charge >= 0.3 is 0 Å². The molecule has 26 heavy (non-hydrogen) atoms. The lowest BCUT2D eigenvalue weighted by molar-refractivity contribution is -0.120. The number of anilines is 1. The third-order valence-corrected chi connectivity index (χ3v) is 5.22. The van der Waals surface area contributed by atoms with Crippen molar-refractivity contribution < 1.29 is 9.53 Å². The Bertz CT molecular complexity index is 700. The highest BCUT2D eigenvalue weighted by Crippen LogP contribution is 2.31. The van der Waals surface area contributed by atoms with Crippen LogP contribution < -0.4 is 9.64 Å². The van der Waals surface area contributed by atoms with Gasteiger partial charge in [-0.2, -0.15) is 0 Å². The van der Waals surface area contributed by atoms with Crippen LogP contribution in [0.1, 0.15) is 37.3 Å². The molecule has 0 N–H and O–H groups in total. The second-order valence-electron chi connectivity index (χ2n) is 6.90. The minimum absolute atomic E-state index is 0.136. The number of para-hydroxylation sites is 1. The van der Waals surface area contributed by atoms with E-state index in [0.29, 0.717) is 6.54 Å². The van der Waals surface area contributed by atoms with Crippen LogP contribution in [0.2, 0.25) is 0 Å². The molecule has 138 valence electrons. The molecule has 1 amide bonds. The number of rotatable bonds is 5. The molecular formula is C22H28N2O2. The van der Waals surface area contributed by atoms with Crippen molar-refractivity contribution in [2.75, 3.05) is 32.1 Å². The van der Waals surface area contributed by atoms with Crippen molar-refractivity contribution >= 4 is 11.6 Å². The molecule has 1 atom stereocenters. The molecule has 0 radical (unpaired) electrons. The van der Waals surface area contributed by atoms with Gasteiger partial charge in [-0.05, 0) is 49.2 Å². The number of hydrogen-bond acceptors (Lipinski definition) is 3. The highest BCUT2D eigenvalue weighted by Gasteiger charge is 2.25. The third kappa shape index (κ3) is 4.44. The largest absolute Gasteiger partial charge is 0.497 e. The van der Waals surface area contributed by atoms with E-state index in [2.05, 4.69) is 17.0 Å². The van der Waals surface area contributed by atoms with Crippen molar-refractivity contribution in [2.45, 2.75) is 31.7 Å². The van der Waals surface area contributed by atoms with Crippen LogP contribution in [0.3, 0.4) is 0 Å². The third-order valence-electron chi connectivity index (χ3n) is 5.22. The van der Waals surface area contributed by atoms with Crippen LogP contribution in [0, 0.1) is 0 Å². The van der Waals surface area contributed by atoms with Crippen LogP contribution in [-0.4, -0.2) is 38.1 Å². The molecule has 1 aliphatic heterocycles. The minimum atomic E-state index is 0.136. The van der Waals surface area contributed by atoms with Crippen LogP contribution in [-0.2, 0) is 4.79 Å². The van der Waals surface area contributed by atoms with Gasteiger partial charge in [-0.1, -0.05) is 43.2 Å². The molecule has 1 fully saturated rings. The second kappa shape index (κ2) is 8.86. The van der Waals surface area contributed by atoms with Crippen molar-refractivity contribution in [1.82, 2.24) is 4.90 Å². The molecule has 4 nitrogen and oxygen atoms in total. The number of likely N-dealkylation sites (N-methyl/N-ethyl adjacent to an activating group) is 1. The van der Waals surface area contributed by atoms with Gasteiger partial charge in [-0.25, -0.2) is 0 Å². The van der Waals surface area contributed by atoms with Gasteiger partial charge in [0.05, 0.1) is 13.7 Å². The van der Waals surface area contributed by atoms with E-state index in [1.807, 2.05) is 49.5 Å². The molecule has 2 aromatic carbocycles. The number of nitrogens with zero attached hydrogens (tertiary/aromatic N) is 2. The number of ether oxygens (including phenoxy) is 1. The fourth-order valence-corrected chi connectivity index (χ4v) is 3.64. The van der Waals surface area contributed by atoms with E-state index in [9.17, 15) is 4.79 Å². The summed E-state index contributed by atoms with van der Waals surface area (Å²) in [6, 6.07) is 18.4. The van der Waals surface area contributed by atoms with Crippen LogP contribution in [0.15, 0.2) is 54.6 Å². The Kier molecular flexibility index (Phi) is 6.29. The Morgan fingerprint density at radius 3 is 2.50 bits per heavy atom. The molecule has 0 spiro atoms.